The molecule has 0 saturated carbocycles. The van der Waals surface area contributed by atoms with Crippen molar-refractivity contribution >= 4 is 16.6 Å². The Balaban J connectivity index is 1.92. The minimum absolute atomic E-state index is 0.183. The fourth-order valence-electron chi connectivity index (χ4n) is 2.83. The monoisotopic (exact) mass is 310 g/mol. The minimum atomic E-state index is -4.35. The number of likely N-dealkylation sites (N-methyl/N-ethyl adjacent to an activating group) is 1. The van der Waals surface area contributed by atoms with E-state index in [1.54, 1.807) is 6.20 Å². The van der Waals surface area contributed by atoms with Crippen LogP contribution < -0.4 is 4.90 Å². The maximum absolute atomic E-state index is 12.8. The molecule has 1 aliphatic rings. The molecule has 1 aromatic carbocycles. The van der Waals surface area contributed by atoms with Crippen LogP contribution in [-0.2, 0) is 10.9 Å². The molecule has 0 amide bonds. The Morgan fingerprint density at radius 3 is 2.82 bits per heavy atom. The number of halogens is 3. The summed E-state index contributed by atoms with van der Waals surface area (Å²) in [4.78, 5) is 6.09. The highest BCUT2D eigenvalue weighted by molar-refractivity contribution is 5.91. The first-order valence-corrected chi connectivity index (χ1v) is 7.24. The molecule has 0 radical (unpaired) electrons. The fraction of sp³-hybridized carbons (Fsp3) is 0.438. The normalized spacial score (nSPS) is 18.8. The lowest BCUT2D eigenvalue weighted by molar-refractivity contribution is -0.137. The average Bonchev–Trinajstić information content (AvgIpc) is 2.98. The van der Waals surface area contributed by atoms with Gasteiger partial charge < -0.3 is 9.64 Å². The van der Waals surface area contributed by atoms with Gasteiger partial charge in [-0.3, -0.25) is 4.98 Å². The molecule has 0 bridgehead atoms. The Kier molecular flexibility index (Phi) is 3.95. The maximum atomic E-state index is 12.8. The Hall–Kier alpha value is -1.82. The summed E-state index contributed by atoms with van der Waals surface area (Å²) in [5.41, 5.74) is 0.548. The van der Waals surface area contributed by atoms with Crippen molar-refractivity contribution in [1.82, 2.24) is 4.98 Å². The van der Waals surface area contributed by atoms with Crippen molar-refractivity contribution in [3.8, 4) is 0 Å². The van der Waals surface area contributed by atoms with E-state index in [-0.39, 0.29) is 6.10 Å². The summed E-state index contributed by atoms with van der Waals surface area (Å²) in [5.74, 6) is 0. The standard InChI is InChI=1S/C16H17F3N2O/c1-21(10-12-3-2-8-22-12)15-6-7-20-14-9-11(16(17,18)19)4-5-13(14)15/h4-7,9,12H,2-3,8,10H2,1H3. The van der Waals surface area contributed by atoms with Gasteiger partial charge in [0.05, 0.1) is 17.2 Å². The van der Waals surface area contributed by atoms with Crippen molar-refractivity contribution in [1.29, 1.82) is 0 Å². The van der Waals surface area contributed by atoms with Gasteiger partial charge >= 0.3 is 6.18 Å². The maximum Gasteiger partial charge on any atom is 0.416 e. The molecule has 1 fully saturated rings. The molecule has 1 aromatic heterocycles. The molecule has 6 heteroatoms. The number of hydrogen-bond acceptors (Lipinski definition) is 3. The van der Waals surface area contributed by atoms with Crippen molar-refractivity contribution in [2.45, 2.75) is 25.1 Å². The number of hydrogen-bond donors (Lipinski definition) is 0. The van der Waals surface area contributed by atoms with E-state index in [1.807, 2.05) is 18.0 Å². The molecule has 0 spiro atoms. The molecule has 2 heterocycles. The van der Waals surface area contributed by atoms with Crippen LogP contribution in [0.5, 0.6) is 0 Å². The molecule has 3 nitrogen and oxygen atoms in total. The lowest BCUT2D eigenvalue weighted by atomic mass is 10.1. The summed E-state index contributed by atoms with van der Waals surface area (Å²) in [6, 6.07) is 5.52. The minimum Gasteiger partial charge on any atom is -0.376 e. The van der Waals surface area contributed by atoms with Gasteiger partial charge in [-0.25, -0.2) is 0 Å². The first-order chi connectivity index (χ1) is 10.4. The second-order valence-electron chi connectivity index (χ2n) is 5.58. The lowest BCUT2D eigenvalue weighted by Gasteiger charge is -2.24. The Morgan fingerprint density at radius 1 is 1.32 bits per heavy atom. The summed E-state index contributed by atoms with van der Waals surface area (Å²) >= 11 is 0. The van der Waals surface area contributed by atoms with Crippen LogP contribution in [0.2, 0.25) is 0 Å². The second kappa shape index (κ2) is 5.76. The Labute approximate surface area is 126 Å². The highest BCUT2D eigenvalue weighted by atomic mass is 19.4. The Bertz CT molecular complexity index is 666. The van der Waals surface area contributed by atoms with Crippen LogP contribution in [0.25, 0.3) is 10.9 Å². The molecule has 0 aliphatic carbocycles. The highest BCUT2D eigenvalue weighted by Gasteiger charge is 2.30. The van der Waals surface area contributed by atoms with E-state index in [0.717, 1.165) is 49.2 Å². The smallest absolute Gasteiger partial charge is 0.376 e. The molecule has 22 heavy (non-hydrogen) atoms. The van der Waals surface area contributed by atoms with Crippen LogP contribution >= 0.6 is 0 Å². The van der Waals surface area contributed by atoms with E-state index in [2.05, 4.69) is 4.98 Å². The number of benzene rings is 1. The van der Waals surface area contributed by atoms with Gasteiger partial charge in [0.25, 0.3) is 0 Å². The zero-order chi connectivity index (χ0) is 15.7. The van der Waals surface area contributed by atoms with Crippen LogP contribution in [0.3, 0.4) is 0 Å². The van der Waals surface area contributed by atoms with Gasteiger partial charge in [0.1, 0.15) is 0 Å². The number of pyridine rings is 1. The van der Waals surface area contributed by atoms with E-state index in [4.69, 9.17) is 4.74 Å². The predicted octanol–water partition coefficient (Wildman–Crippen LogP) is 3.87. The van der Waals surface area contributed by atoms with Crippen LogP contribution in [0.15, 0.2) is 30.5 Å². The summed E-state index contributed by atoms with van der Waals surface area (Å²) in [6.45, 7) is 1.50. The summed E-state index contributed by atoms with van der Waals surface area (Å²) in [7, 11) is 1.92. The topological polar surface area (TPSA) is 25.4 Å². The number of ether oxygens (including phenoxy) is 1. The predicted molar refractivity (Wildman–Crippen MR) is 79.0 cm³/mol. The number of alkyl halides is 3. The average molecular weight is 310 g/mol. The Morgan fingerprint density at radius 2 is 2.14 bits per heavy atom. The molecule has 2 aromatic rings. The van der Waals surface area contributed by atoms with Gasteiger partial charge in [-0.1, -0.05) is 6.07 Å². The van der Waals surface area contributed by atoms with Gasteiger partial charge in [-0.05, 0) is 31.0 Å². The van der Waals surface area contributed by atoms with E-state index in [9.17, 15) is 13.2 Å². The number of nitrogens with zero attached hydrogens (tertiary/aromatic N) is 2. The number of aromatic nitrogens is 1. The third-order valence-electron chi connectivity index (χ3n) is 3.96. The summed E-state index contributed by atoms with van der Waals surface area (Å²) in [5, 5.41) is 0.719. The third-order valence-corrected chi connectivity index (χ3v) is 3.96. The summed E-state index contributed by atoms with van der Waals surface area (Å²) in [6.07, 6.45) is -0.544. The molecule has 1 saturated heterocycles. The van der Waals surface area contributed by atoms with Crippen molar-refractivity contribution in [2.75, 3.05) is 25.1 Å². The molecule has 3 rings (SSSR count). The zero-order valence-corrected chi connectivity index (χ0v) is 12.2. The molecule has 1 aliphatic heterocycles. The zero-order valence-electron chi connectivity index (χ0n) is 12.2. The van der Waals surface area contributed by atoms with Crippen LogP contribution in [0.4, 0.5) is 18.9 Å². The number of rotatable bonds is 3. The molecule has 0 N–H and O–H groups in total. The first kappa shape index (κ1) is 15.1. The van der Waals surface area contributed by atoms with E-state index < -0.39 is 11.7 Å². The fourth-order valence-corrected chi connectivity index (χ4v) is 2.83. The van der Waals surface area contributed by atoms with Crippen molar-refractivity contribution in [3.05, 3.63) is 36.0 Å². The highest BCUT2D eigenvalue weighted by Crippen LogP contribution is 2.33. The summed E-state index contributed by atoms with van der Waals surface area (Å²) < 4.78 is 44.0. The molecule has 118 valence electrons. The van der Waals surface area contributed by atoms with Gasteiger partial charge in [0.2, 0.25) is 0 Å². The first-order valence-electron chi connectivity index (χ1n) is 7.24. The molecule has 1 unspecified atom stereocenters. The largest absolute Gasteiger partial charge is 0.416 e. The second-order valence-corrected chi connectivity index (χ2v) is 5.58. The SMILES string of the molecule is CN(CC1CCCO1)c1ccnc2cc(C(F)(F)F)ccc12. The van der Waals surface area contributed by atoms with Gasteiger partial charge in [0, 0.05) is 37.5 Å². The van der Waals surface area contributed by atoms with Crippen LogP contribution in [-0.4, -0.2) is 31.3 Å². The van der Waals surface area contributed by atoms with Crippen molar-refractivity contribution in [2.24, 2.45) is 0 Å². The van der Waals surface area contributed by atoms with Gasteiger partial charge in [0.15, 0.2) is 0 Å². The molecular weight excluding hydrogens is 293 g/mol. The van der Waals surface area contributed by atoms with E-state index in [1.165, 1.54) is 6.07 Å². The molecular formula is C16H17F3N2O. The number of anilines is 1. The van der Waals surface area contributed by atoms with Gasteiger partial charge in [-0.15, -0.1) is 0 Å². The van der Waals surface area contributed by atoms with Crippen molar-refractivity contribution < 1.29 is 17.9 Å². The lowest BCUT2D eigenvalue weighted by Crippen LogP contribution is -2.28. The van der Waals surface area contributed by atoms with Crippen molar-refractivity contribution in [3.63, 3.8) is 0 Å². The third kappa shape index (κ3) is 3.02. The van der Waals surface area contributed by atoms with Crippen LogP contribution in [0.1, 0.15) is 18.4 Å². The van der Waals surface area contributed by atoms with E-state index >= 15 is 0 Å². The van der Waals surface area contributed by atoms with Gasteiger partial charge in [-0.2, -0.15) is 13.2 Å². The molecule has 1 atom stereocenters. The van der Waals surface area contributed by atoms with Crippen LogP contribution in [0, 0.1) is 0 Å². The number of fused-ring (bicyclic) bond motifs is 1. The quantitative estimate of drug-likeness (QED) is 0.860. The van der Waals surface area contributed by atoms with E-state index in [0.29, 0.717) is 5.52 Å².